The molecule has 0 amide bonds. The van der Waals surface area contributed by atoms with Crippen molar-refractivity contribution in [2.24, 2.45) is 5.73 Å². The third-order valence-electron chi connectivity index (χ3n) is 2.76. The van der Waals surface area contributed by atoms with E-state index < -0.39 is 0 Å². The monoisotopic (exact) mass is 204 g/mol. The van der Waals surface area contributed by atoms with Gasteiger partial charge < -0.3 is 5.73 Å². The minimum atomic E-state index is -0.386. The van der Waals surface area contributed by atoms with Gasteiger partial charge in [-0.1, -0.05) is 20.8 Å². The van der Waals surface area contributed by atoms with Crippen LogP contribution >= 0.6 is 0 Å². The number of ketones is 1. The molecule has 3 nitrogen and oxygen atoms in total. The molecule has 0 radical (unpaired) electrons. The van der Waals surface area contributed by atoms with Crippen LogP contribution in [0.2, 0.25) is 0 Å². The summed E-state index contributed by atoms with van der Waals surface area (Å²) in [4.78, 5) is 16.1. The quantitative estimate of drug-likeness (QED) is 0.695. The maximum Gasteiger partial charge on any atom is 0.181 e. The highest BCUT2D eigenvalue weighted by atomic mass is 16.1. The summed E-state index contributed by atoms with van der Waals surface area (Å²) in [7, 11) is 0. The second kappa shape index (κ2) is 3.14. The van der Waals surface area contributed by atoms with Crippen LogP contribution in [0.5, 0.6) is 0 Å². The van der Waals surface area contributed by atoms with Crippen LogP contribution in [0.25, 0.3) is 0 Å². The molecule has 1 aromatic heterocycles. The number of hydrogen-bond acceptors (Lipinski definition) is 3. The van der Waals surface area contributed by atoms with Crippen molar-refractivity contribution in [2.75, 3.05) is 0 Å². The lowest BCUT2D eigenvalue weighted by molar-refractivity contribution is 0.0974. The molecule has 2 rings (SSSR count). The molecule has 1 unspecified atom stereocenters. The molecule has 1 atom stereocenters. The van der Waals surface area contributed by atoms with Crippen LogP contribution in [0.15, 0.2) is 12.1 Å². The average Bonchev–Trinajstić information content (AvgIpc) is 2.41. The van der Waals surface area contributed by atoms with E-state index in [0.29, 0.717) is 12.0 Å². The predicted molar refractivity (Wildman–Crippen MR) is 58.9 cm³/mol. The van der Waals surface area contributed by atoms with Crippen molar-refractivity contribution < 1.29 is 4.79 Å². The fourth-order valence-electron chi connectivity index (χ4n) is 1.80. The number of rotatable bonds is 0. The molecule has 1 aliphatic rings. The van der Waals surface area contributed by atoms with Gasteiger partial charge in [0.2, 0.25) is 0 Å². The van der Waals surface area contributed by atoms with E-state index in [1.165, 1.54) is 0 Å². The number of aromatic nitrogens is 1. The van der Waals surface area contributed by atoms with Gasteiger partial charge in [0, 0.05) is 23.1 Å². The van der Waals surface area contributed by atoms with Crippen LogP contribution in [-0.4, -0.2) is 16.8 Å². The standard InChI is InChI=1S/C12H16N2O/c1-12(2,3)10-5-4-7-9(14-10)6-8(13)11(7)15/h4-5,8H,6,13H2,1-3H3. The van der Waals surface area contributed by atoms with Gasteiger partial charge in [0.25, 0.3) is 0 Å². The Morgan fingerprint density at radius 3 is 2.67 bits per heavy atom. The van der Waals surface area contributed by atoms with E-state index in [2.05, 4.69) is 25.8 Å². The van der Waals surface area contributed by atoms with Crippen molar-refractivity contribution in [3.63, 3.8) is 0 Å². The third-order valence-corrected chi connectivity index (χ3v) is 2.76. The molecule has 1 aliphatic carbocycles. The highest BCUT2D eigenvalue weighted by Crippen LogP contribution is 2.25. The maximum atomic E-state index is 11.6. The summed E-state index contributed by atoms with van der Waals surface area (Å²) < 4.78 is 0. The Hall–Kier alpha value is -1.22. The summed E-state index contributed by atoms with van der Waals surface area (Å²) in [6, 6.07) is 3.40. The van der Waals surface area contributed by atoms with E-state index in [1.54, 1.807) is 0 Å². The lowest BCUT2D eigenvalue weighted by Crippen LogP contribution is -2.26. The SMILES string of the molecule is CC(C)(C)c1ccc2c(n1)CC(N)C2=O. The molecule has 1 heterocycles. The zero-order chi connectivity index (χ0) is 11.2. The molecule has 0 fully saturated rings. The van der Waals surface area contributed by atoms with Crippen LogP contribution < -0.4 is 5.73 Å². The molecule has 0 aromatic carbocycles. The van der Waals surface area contributed by atoms with Crippen LogP contribution in [0, 0.1) is 0 Å². The Morgan fingerprint density at radius 1 is 1.40 bits per heavy atom. The van der Waals surface area contributed by atoms with Gasteiger partial charge in [0.15, 0.2) is 5.78 Å². The number of nitrogens with zero attached hydrogens (tertiary/aromatic N) is 1. The smallest absolute Gasteiger partial charge is 0.181 e. The summed E-state index contributed by atoms with van der Waals surface area (Å²) in [6.45, 7) is 6.33. The summed E-state index contributed by atoms with van der Waals surface area (Å²) >= 11 is 0. The number of hydrogen-bond donors (Lipinski definition) is 1. The fraction of sp³-hybridized carbons (Fsp3) is 0.500. The predicted octanol–water partition coefficient (Wildman–Crippen LogP) is 1.45. The first kappa shape index (κ1) is 10.3. The molecule has 0 spiro atoms. The van der Waals surface area contributed by atoms with Gasteiger partial charge in [-0.25, -0.2) is 0 Å². The third kappa shape index (κ3) is 1.67. The molecule has 0 aliphatic heterocycles. The van der Waals surface area contributed by atoms with Crippen molar-refractivity contribution in [1.82, 2.24) is 4.98 Å². The van der Waals surface area contributed by atoms with Gasteiger partial charge in [-0.15, -0.1) is 0 Å². The molecule has 2 N–H and O–H groups in total. The number of carbonyl (C=O) groups excluding carboxylic acids is 1. The summed E-state index contributed by atoms with van der Waals surface area (Å²) in [5.74, 6) is 0.0259. The molecular weight excluding hydrogens is 188 g/mol. The van der Waals surface area contributed by atoms with Gasteiger partial charge in [0.05, 0.1) is 11.7 Å². The van der Waals surface area contributed by atoms with Crippen LogP contribution in [-0.2, 0) is 11.8 Å². The van der Waals surface area contributed by atoms with E-state index in [9.17, 15) is 4.79 Å². The van der Waals surface area contributed by atoms with Gasteiger partial charge >= 0.3 is 0 Å². The van der Waals surface area contributed by atoms with E-state index in [4.69, 9.17) is 5.73 Å². The van der Waals surface area contributed by atoms with Gasteiger partial charge in [-0.05, 0) is 12.1 Å². The average molecular weight is 204 g/mol. The number of carbonyl (C=O) groups is 1. The number of Topliss-reactive ketones (excluding diaryl/α,β-unsaturated/α-hetero) is 1. The second-order valence-corrected chi connectivity index (χ2v) is 5.12. The molecule has 0 saturated heterocycles. The highest BCUT2D eigenvalue weighted by molar-refractivity contribution is 6.03. The largest absolute Gasteiger partial charge is 0.321 e. The van der Waals surface area contributed by atoms with E-state index >= 15 is 0 Å². The Labute approximate surface area is 89.7 Å². The van der Waals surface area contributed by atoms with Crippen molar-refractivity contribution in [3.05, 3.63) is 29.1 Å². The topological polar surface area (TPSA) is 56.0 Å². The van der Waals surface area contributed by atoms with Gasteiger partial charge in [-0.3, -0.25) is 9.78 Å². The summed E-state index contributed by atoms with van der Waals surface area (Å²) in [6.07, 6.45) is 0.581. The Morgan fingerprint density at radius 2 is 2.07 bits per heavy atom. The lowest BCUT2D eigenvalue weighted by atomic mass is 9.91. The van der Waals surface area contributed by atoms with Crippen molar-refractivity contribution in [1.29, 1.82) is 0 Å². The highest BCUT2D eigenvalue weighted by Gasteiger charge is 2.29. The van der Waals surface area contributed by atoms with Crippen molar-refractivity contribution in [2.45, 2.75) is 38.6 Å². The van der Waals surface area contributed by atoms with Gasteiger partial charge in [-0.2, -0.15) is 0 Å². The van der Waals surface area contributed by atoms with Crippen molar-refractivity contribution in [3.8, 4) is 0 Å². The molecule has 0 saturated carbocycles. The van der Waals surface area contributed by atoms with Crippen LogP contribution in [0.3, 0.4) is 0 Å². The van der Waals surface area contributed by atoms with E-state index in [0.717, 1.165) is 11.4 Å². The first-order chi connectivity index (χ1) is 6.89. The first-order valence-corrected chi connectivity index (χ1v) is 5.20. The van der Waals surface area contributed by atoms with Crippen LogP contribution in [0.1, 0.15) is 42.5 Å². The molecule has 1 aromatic rings. The van der Waals surface area contributed by atoms with Crippen molar-refractivity contribution >= 4 is 5.78 Å². The van der Waals surface area contributed by atoms with Crippen LogP contribution in [0.4, 0.5) is 0 Å². The van der Waals surface area contributed by atoms with Gasteiger partial charge in [0.1, 0.15) is 0 Å². The maximum absolute atomic E-state index is 11.6. The second-order valence-electron chi connectivity index (χ2n) is 5.12. The lowest BCUT2D eigenvalue weighted by Gasteiger charge is -2.18. The Balaban J connectivity index is 2.47. The Bertz CT molecular complexity index is 418. The van der Waals surface area contributed by atoms with E-state index in [-0.39, 0.29) is 17.2 Å². The molecule has 80 valence electrons. The molecule has 0 bridgehead atoms. The molecule has 3 heteroatoms. The number of nitrogens with two attached hydrogens (primary N) is 1. The zero-order valence-corrected chi connectivity index (χ0v) is 9.37. The Kier molecular flexibility index (Phi) is 2.15. The minimum Gasteiger partial charge on any atom is -0.321 e. The summed E-state index contributed by atoms with van der Waals surface area (Å²) in [5, 5.41) is 0. The number of fused-ring (bicyclic) bond motifs is 1. The van der Waals surface area contributed by atoms with E-state index in [1.807, 2.05) is 12.1 Å². The molecular formula is C12H16N2O. The summed E-state index contributed by atoms with van der Waals surface area (Å²) in [5.41, 5.74) is 8.30. The molecule has 15 heavy (non-hydrogen) atoms. The zero-order valence-electron chi connectivity index (χ0n) is 9.37. The normalized spacial score (nSPS) is 20.5. The minimum absolute atomic E-state index is 0.0186. The number of pyridine rings is 1. The fourth-order valence-corrected chi connectivity index (χ4v) is 1.80. The first-order valence-electron chi connectivity index (χ1n) is 5.20.